The van der Waals surface area contributed by atoms with Gasteiger partial charge in [-0.1, -0.05) is 84.9 Å². The van der Waals surface area contributed by atoms with E-state index in [1.54, 1.807) is 0 Å². The van der Waals surface area contributed by atoms with E-state index in [9.17, 15) is 0 Å². The van der Waals surface area contributed by atoms with E-state index in [-0.39, 0.29) is 0 Å². The van der Waals surface area contributed by atoms with Crippen LogP contribution < -0.4 is 0 Å². The van der Waals surface area contributed by atoms with Gasteiger partial charge in [0.05, 0.1) is 38.7 Å². The van der Waals surface area contributed by atoms with E-state index in [1.807, 2.05) is 48.8 Å². The lowest BCUT2D eigenvalue weighted by atomic mass is 10.1. The smallest absolute Gasteiger partial charge is 0.234 e. The van der Waals surface area contributed by atoms with Gasteiger partial charge >= 0.3 is 0 Å². The van der Waals surface area contributed by atoms with Crippen LogP contribution in [0, 0.1) is 0 Å². The first kappa shape index (κ1) is 25.8. The molecule has 0 aliphatic rings. The highest BCUT2D eigenvalue weighted by Crippen LogP contribution is 2.42. The topological polar surface area (TPSA) is 53.5 Å². The van der Waals surface area contributed by atoms with Crippen molar-refractivity contribution in [3.8, 4) is 28.7 Å². The van der Waals surface area contributed by atoms with E-state index in [4.69, 9.17) is 15.0 Å². The summed E-state index contributed by atoms with van der Waals surface area (Å²) in [6, 6.07) is 50.8. The Morgan fingerprint density at radius 2 is 0.872 bits per heavy atom. The summed E-state index contributed by atoms with van der Waals surface area (Å²) in [5.41, 5.74) is 9.49. The highest BCUT2D eigenvalue weighted by Gasteiger charge is 2.21. The zero-order chi connectivity index (χ0) is 30.9. The Morgan fingerprint density at radius 3 is 1.51 bits per heavy atom. The third-order valence-electron chi connectivity index (χ3n) is 9.16. The molecule has 0 saturated heterocycles. The van der Waals surface area contributed by atoms with Crippen LogP contribution in [0.15, 0.2) is 158 Å². The predicted molar refractivity (Wildman–Crippen MR) is 191 cm³/mol. The second-order valence-electron chi connectivity index (χ2n) is 11.8. The summed E-state index contributed by atoms with van der Waals surface area (Å²) in [4.78, 5) is 15.0. The average Bonchev–Trinajstić information content (AvgIpc) is 3.80. The van der Waals surface area contributed by atoms with Gasteiger partial charge in [0.2, 0.25) is 5.95 Å². The lowest BCUT2D eigenvalue weighted by Gasteiger charge is -2.10. The van der Waals surface area contributed by atoms with Gasteiger partial charge in [-0.15, -0.1) is 0 Å². The van der Waals surface area contributed by atoms with Crippen molar-refractivity contribution < 1.29 is 0 Å². The molecule has 0 saturated carbocycles. The SMILES string of the molecule is c1ccc(-n2c(-c3cnc(-n4c5ccccc5c5c6c7ccccc7n(-c7ccccc7)c6ccc54)nc3)nc3ccccc32)cc1. The first-order valence-electron chi connectivity index (χ1n) is 15.7. The molecule has 10 rings (SSSR count). The molecule has 0 amide bonds. The molecule has 6 nitrogen and oxygen atoms in total. The minimum absolute atomic E-state index is 0.619. The van der Waals surface area contributed by atoms with Crippen LogP contribution in [0.5, 0.6) is 0 Å². The highest BCUT2D eigenvalue weighted by molar-refractivity contribution is 6.28. The lowest BCUT2D eigenvalue weighted by molar-refractivity contribution is 0.982. The van der Waals surface area contributed by atoms with Crippen molar-refractivity contribution in [3.05, 3.63) is 158 Å². The predicted octanol–water partition coefficient (Wildman–Crippen LogP) is 9.68. The number of rotatable bonds is 4. The molecular formula is C41H26N6. The van der Waals surface area contributed by atoms with E-state index in [1.165, 1.54) is 32.6 Å². The molecule has 0 aliphatic carbocycles. The molecular weight excluding hydrogens is 576 g/mol. The minimum Gasteiger partial charge on any atom is -0.309 e. The first-order chi connectivity index (χ1) is 23.3. The number of hydrogen-bond acceptors (Lipinski definition) is 3. The molecule has 47 heavy (non-hydrogen) atoms. The van der Waals surface area contributed by atoms with Crippen molar-refractivity contribution >= 4 is 54.6 Å². The standard InChI is InChI=1S/C41H26N6/c1-3-13-28(14-4-1)45-33-20-10-7-17-30(33)38-36(45)23-24-37-39(38)31-18-8-11-21-34(31)47(37)41-42-25-27(26-43-41)40-44-32-19-9-12-22-35(32)46(40)29-15-5-2-6-16-29/h1-26H. The molecule has 4 aromatic heterocycles. The summed E-state index contributed by atoms with van der Waals surface area (Å²) >= 11 is 0. The maximum atomic E-state index is 5.02. The third kappa shape index (κ3) is 3.76. The van der Waals surface area contributed by atoms with Gasteiger partial charge < -0.3 is 4.57 Å². The Morgan fingerprint density at radius 1 is 0.383 bits per heavy atom. The molecule has 0 bridgehead atoms. The van der Waals surface area contributed by atoms with Crippen molar-refractivity contribution in [1.29, 1.82) is 0 Å². The number of aromatic nitrogens is 6. The van der Waals surface area contributed by atoms with Crippen molar-refractivity contribution in [2.75, 3.05) is 0 Å². The Hall–Kier alpha value is -6.53. The number of para-hydroxylation sites is 6. The summed E-state index contributed by atoms with van der Waals surface area (Å²) in [5, 5.41) is 4.81. The van der Waals surface area contributed by atoms with E-state index in [2.05, 4.69) is 123 Å². The molecule has 6 aromatic carbocycles. The Kier molecular flexibility index (Phi) is 5.48. The number of hydrogen-bond donors (Lipinski definition) is 0. The van der Waals surface area contributed by atoms with Crippen LogP contribution in [0.25, 0.3) is 83.4 Å². The second-order valence-corrected chi connectivity index (χ2v) is 11.8. The summed E-state index contributed by atoms with van der Waals surface area (Å²) < 4.78 is 6.72. The molecule has 0 fully saturated rings. The number of fused-ring (bicyclic) bond motifs is 8. The lowest BCUT2D eigenvalue weighted by Crippen LogP contribution is -2.02. The van der Waals surface area contributed by atoms with Gasteiger partial charge in [0.15, 0.2) is 0 Å². The summed E-state index contributed by atoms with van der Waals surface area (Å²) in [7, 11) is 0. The van der Waals surface area contributed by atoms with Crippen molar-refractivity contribution in [2.45, 2.75) is 0 Å². The van der Waals surface area contributed by atoms with E-state index >= 15 is 0 Å². The average molecular weight is 603 g/mol. The Labute approximate surface area is 269 Å². The second kappa shape index (κ2) is 9.99. The van der Waals surface area contributed by atoms with E-state index < -0.39 is 0 Å². The molecule has 0 atom stereocenters. The maximum Gasteiger partial charge on any atom is 0.234 e. The largest absolute Gasteiger partial charge is 0.309 e. The molecule has 220 valence electrons. The van der Waals surface area contributed by atoms with Crippen LogP contribution in [0.1, 0.15) is 0 Å². The molecule has 0 N–H and O–H groups in total. The van der Waals surface area contributed by atoms with E-state index in [0.29, 0.717) is 5.95 Å². The third-order valence-corrected chi connectivity index (χ3v) is 9.16. The van der Waals surface area contributed by atoms with Gasteiger partial charge in [-0.25, -0.2) is 15.0 Å². The van der Waals surface area contributed by atoms with Gasteiger partial charge in [0, 0.05) is 45.3 Å². The van der Waals surface area contributed by atoms with Gasteiger partial charge in [0.25, 0.3) is 0 Å². The van der Waals surface area contributed by atoms with Gasteiger partial charge in [-0.05, 0) is 60.7 Å². The Bertz CT molecular complexity index is 2770. The molecule has 4 heterocycles. The van der Waals surface area contributed by atoms with Crippen molar-refractivity contribution in [2.24, 2.45) is 0 Å². The minimum atomic E-state index is 0.619. The molecule has 10 aromatic rings. The van der Waals surface area contributed by atoms with Crippen LogP contribution in [0.3, 0.4) is 0 Å². The zero-order valence-electron chi connectivity index (χ0n) is 25.2. The highest BCUT2D eigenvalue weighted by atomic mass is 15.2. The van der Waals surface area contributed by atoms with Crippen LogP contribution in [-0.2, 0) is 0 Å². The van der Waals surface area contributed by atoms with Gasteiger partial charge in [-0.2, -0.15) is 0 Å². The van der Waals surface area contributed by atoms with Crippen LogP contribution in [0.2, 0.25) is 0 Å². The molecule has 0 unspecified atom stereocenters. The fourth-order valence-corrected chi connectivity index (χ4v) is 7.20. The van der Waals surface area contributed by atoms with Crippen LogP contribution in [0.4, 0.5) is 0 Å². The quantitative estimate of drug-likeness (QED) is 0.202. The number of imidazole rings is 1. The van der Waals surface area contributed by atoms with E-state index in [0.717, 1.165) is 44.8 Å². The zero-order valence-corrected chi connectivity index (χ0v) is 25.2. The fourth-order valence-electron chi connectivity index (χ4n) is 7.20. The normalized spacial score (nSPS) is 11.8. The number of benzene rings is 6. The molecule has 6 heteroatoms. The first-order valence-corrected chi connectivity index (χ1v) is 15.7. The van der Waals surface area contributed by atoms with Crippen LogP contribution in [-0.4, -0.2) is 28.7 Å². The van der Waals surface area contributed by atoms with Gasteiger partial charge in [-0.3, -0.25) is 9.13 Å². The monoisotopic (exact) mass is 602 g/mol. The van der Waals surface area contributed by atoms with Gasteiger partial charge in [0.1, 0.15) is 5.82 Å². The van der Waals surface area contributed by atoms with Crippen molar-refractivity contribution in [3.63, 3.8) is 0 Å². The molecule has 0 radical (unpaired) electrons. The number of nitrogens with zero attached hydrogens (tertiary/aromatic N) is 6. The van der Waals surface area contributed by atoms with Crippen LogP contribution >= 0.6 is 0 Å². The van der Waals surface area contributed by atoms with Crippen molar-refractivity contribution in [1.82, 2.24) is 28.7 Å². The maximum absolute atomic E-state index is 5.02. The Balaban J connectivity index is 1.21. The summed E-state index contributed by atoms with van der Waals surface area (Å²) in [6.07, 6.45) is 3.78. The fraction of sp³-hybridized carbons (Fsp3) is 0. The summed E-state index contributed by atoms with van der Waals surface area (Å²) in [5.74, 6) is 1.43. The molecule has 0 spiro atoms. The molecule has 0 aliphatic heterocycles. The summed E-state index contributed by atoms with van der Waals surface area (Å²) in [6.45, 7) is 0.